The van der Waals surface area contributed by atoms with Gasteiger partial charge in [0, 0.05) is 5.54 Å². The summed E-state index contributed by atoms with van der Waals surface area (Å²) in [6, 6.07) is 6.57. The lowest BCUT2D eigenvalue weighted by molar-refractivity contribution is 0.673. The third-order valence-corrected chi connectivity index (χ3v) is 4.41. The standard InChI is InChI=1S/C13H16N2S/c1-2-12-15-10-4-3-9(7-11(10)16-12)8-13(14)5-6-13/h3-4,7H,2,5-6,8,14H2,1H3. The largest absolute Gasteiger partial charge is 0.325 e. The van der Waals surface area contributed by atoms with E-state index in [0.29, 0.717) is 0 Å². The first-order valence-electron chi connectivity index (χ1n) is 5.86. The van der Waals surface area contributed by atoms with Crippen molar-refractivity contribution in [1.82, 2.24) is 4.98 Å². The molecule has 0 bridgehead atoms. The molecule has 0 aliphatic heterocycles. The lowest BCUT2D eigenvalue weighted by atomic mass is 10.1. The molecule has 0 spiro atoms. The van der Waals surface area contributed by atoms with Crippen LogP contribution in [0, 0.1) is 0 Å². The van der Waals surface area contributed by atoms with Crippen molar-refractivity contribution in [3.8, 4) is 0 Å². The van der Waals surface area contributed by atoms with Crippen molar-refractivity contribution in [2.45, 2.75) is 38.1 Å². The van der Waals surface area contributed by atoms with Gasteiger partial charge in [-0.2, -0.15) is 0 Å². The highest BCUT2D eigenvalue weighted by Crippen LogP contribution is 2.36. The second-order valence-electron chi connectivity index (χ2n) is 4.80. The van der Waals surface area contributed by atoms with E-state index in [1.807, 2.05) is 0 Å². The zero-order chi connectivity index (χ0) is 11.2. The van der Waals surface area contributed by atoms with Crippen molar-refractivity contribution in [2.75, 3.05) is 0 Å². The van der Waals surface area contributed by atoms with Gasteiger partial charge in [0.1, 0.15) is 0 Å². The fraction of sp³-hybridized carbons (Fsp3) is 0.462. The van der Waals surface area contributed by atoms with E-state index in [4.69, 9.17) is 5.73 Å². The predicted octanol–water partition coefficient (Wildman–Crippen LogP) is 2.89. The maximum atomic E-state index is 6.14. The van der Waals surface area contributed by atoms with Crippen molar-refractivity contribution < 1.29 is 0 Å². The number of nitrogens with two attached hydrogens (primary N) is 1. The second kappa shape index (κ2) is 3.54. The smallest absolute Gasteiger partial charge is 0.0935 e. The second-order valence-corrected chi connectivity index (χ2v) is 5.92. The topological polar surface area (TPSA) is 38.9 Å². The molecule has 1 aromatic carbocycles. The zero-order valence-electron chi connectivity index (χ0n) is 9.49. The quantitative estimate of drug-likeness (QED) is 0.883. The van der Waals surface area contributed by atoms with Gasteiger partial charge < -0.3 is 5.73 Å². The number of hydrogen-bond acceptors (Lipinski definition) is 3. The van der Waals surface area contributed by atoms with Gasteiger partial charge in [0.25, 0.3) is 0 Å². The fourth-order valence-corrected chi connectivity index (χ4v) is 2.99. The monoisotopic (exact) mass is 232 g/mol. The van der Waals surface area contributed by atoms with Gasteiger partial charge >= 0.3 is 0 Å². The predicted molar refractivity (Wildman–Crippen MR) is 68.9 cm³/mol. The average molecular weight is 232 g/mol. The number of thiazole rings is 1. The number of benzene rings is 1. The Morgan fingerprint density at radius 1 is 1.44 bits per heavy atom. The normalized spacial score (nSPS) is 17.9. The first-order valence-corrected chi connectivity index (χ1v) is 6.67. The van der Waals surface area contributed by atoms with Gasteiger partial charge in [-0.05, 0) is 43.4 Å². The minimum atomic E-state index is 0.103. The Bertz CT molecular complexity index is 526. The van der Waals surface area contributed by atoms with E-state index in [1.165, 1.54) is 28.1 Å². The van der Waals surface area contributed by atoms with Crippen LogP contribution >= 0.6 is 11.3 Å². The molecule has 1 saturated carbocycles. The highest BCUT2D eigenvalue weighted by molar-refractivity contribution is 7.18. The third kappa shape index (κ3) is 1.85. The van der Waals surface area contributed by atoms with Crippen LogP contribution in [0.4, 0.5) is 0 Å². The summed E-state index contributed by atoms with van der Waals surface area (Å²) >= 11 is 1.81. The molecule has 2 N–H and O–H groups in total. The minimum absolute atomic E-state index is 0.103. The summed E-state index contributed by atoms with van der Waals surface area (Å²) in [4.78, 5) is 4.57. The molecule has 3 rings (SSSR count). The van der Waals surface area contributed by atoms with E-state index in [1.54, 1.807) is 11.3 Å². The Morgan fingerprint density at radius 2 is 2.25 bits per heavy atom. The van der Waals surface area contributed by atoms with Gasteiger partial charge in [-0.15, -0.1) is 11.3 Å². The van der Waals surface area contributed by atoms with Crippen LogP contribution in [0.5, 0.6) is 0 Å². The average Bonchev–Trinajstić information content (AvgIpc) is 2.85. The SMILES string of the molecule is CCc1nc2ccc(CC3(N)CC3)cc2s1. The molecule has 0 unspecified atom stereocenters. The first kappa shape index (κ1) is 10.2. The molecule has 0 amide bonds. The zero-order valence-corrected chi connectivity index (χ0v) is 10.3. The van der Waals surface area contributed by atoms with Crippen molar-refractivity contribution in [1.29, 1.82) is 0 Å². The van der Waals surface area contributed by atoms with Crippen molar-refractivity contribution in [3.63, 3.8) is 0 Å². The van der Waals surface area contributed by atoms with Crippen LogP contribution in [0.3, 0.4) is 0 Å². The molecule has 0 radical (unpaired) electrons. The molecule has 1 aromatic heterocycles. The van der Waals surface area contributed by atoms with Crippen LogP contribution in [-0.4, -0.2) is 10.5 Å². The van der Waals surface area contributed by atoms with Gasteiger partial charge in [0.15, 0.2) is 0 Å². The van der Waals surface area contributed by atoms with Crippen molar-refractivity contribution in [2.24, 2.45) is 5.73 Å². The highest BCUT2D eigenvalue weighted by Gasteiger charge is 2.37. The summed E-state index contributed by atoms with van der Waals surface area (Å²) in [5.41, 5.74) is 8.74. The molecule has 1 aliphatic rings. The van der Waals surface area contributed by atoms with Gasteiger partial charge in [-0.1, -0.05) is 13.0 Å². The van der Waals surface area contributed by atoms with E-state index < -0.39 is 0 Å². The van der Waals surface area contributed by atoms with E-state index in [0.717, 1.165) is 18.4 Å². The lowest BCUT2D eigenvalue weighted by Crippen LogP contribution is -2.24. The minimum Gasteiger partial charge on any atom is -0.325 e. The Hall–Kier alpha value is -0.930. The Kier molecular flexibility index (Phi) is 2.26. The maximum Gasteiger partial charge on any atom is 0.0935 e. The molecule has 0 saturated heterocycles. The van der Waals surface area contributed by atoms with Gasteiger partial charge in [0.05, 0.1) is 15.2 Å². The van der Waals surface area contributed by atoms with Crippen molar-refractivity contribution >= 4 is 21.6 Å². The molecule has 2 nitrogen and oxygen atoms in total. The van der Waals surface area contributed by atoms with E-state index >= 15 is 0 Å². The summed E-state index contributed by atoms with van der Waals surface area (Å²) in [5.74, 6) is 0. The molecular weight excluding hydrogens is 216 g/mol. The number of fused-ring (bicyclic) bond motifs is 1. The first-order chi connectivity index (χ1) is 7.68. The molecule has 0 atom stereocenters. The number of hydrogen-bond donors (Lipinski definition) is 1. The van der Waals surface area contributed by atoms with Crippen LogP contribution in [0.25, 0.3) is 10.2 Å². The van der Waals surface area contributed by atoms with Crippen LogP contribution in [0.2, 0.25) is 0 Å². The Balaban J connectivity index is 1.95. The molecule has 1 heterocycles. The van der Waals surface area contributed by atoms with Gasteiger partial charge in [-0.3, -0.25) is 0 Å². The molecule has 16 heavy (non-hydrogen) atoms. The molecule has 2 aromatic rings. The van der Waals surface area contributed by atoms with E-state index in [-0.39, 0.29) is 5.54 Å². The van der Waals surface area contributed by atoms with Crippen LogP contribution in [0.1, 0.15) is 30.3 Å². The van der Waals surface area contributed by atoms with E-state index in [2.05, 4.69) is 30.1 Å². The van der Waals surface area contributed by atoms with Gasteiger partial charge in [0.2, 0.25) is 0 Å². The highest BCUT2D eigenvalue weighted by atomic mass is 32.1. The summed E-state index contributed by atoms with van der Waals surface area (Å²) < 4.78 is 1.30. The van der Waals surface area contributed by atoms with Crippen molar-refractivity contribution in [3.05, 3.63) is 28.8 Å². The van der Waals surface area contributed by atoms with Gasteiger partial charge in [-0.25, -0.2) is 4.98 Å². The Labute approximate surface area is 99.5 Å². The number of rotatable bonds is 3. The summed E-state index contributed by atoms with van der Waals surface area (Å²) in [7, 11) is 0. The summed E-state index contributed by atoms with van der Waals surface area (Å²) in [6.07, 6.45) is 4.39. The number of nitrogens with zero attached hydrogens (tertiary/aromatic N) is 1. The summed E-state index contributed by atoms with van der Waals surface area (Å²) in [6.45, 7) is 2.15. The molecule has 1 aliphatic carbocycles. The third-order valence-electron chi connectivity index (χ3n) is 3.25. The van der Waals surface area contributed by atoms with E-state index in [9.17, 15) is 0 Å². The fourth-order valence-electron chi connectivity index (χ4n) is 2.02. The Morgan fingerprint density at radius 3 is 2.94 bits per heavy atom. The molecular formula is C13H16N2S. The molecule has 84 valence electrons. The lowest BCUT2D eigenvalue weighted by Gasteiger charge is -2.07. The summed E-state index contributed by atoms with van der Waals surface area (Å²) in [5, 5.41) is 1.22. The van der Waals surface area contributed by atoms with Crippen LogP contribution in [-0.2, 0) is 12.8 Å². The van der Waals surface area contributed by atoms with Crippen LogP contribution < -0.4 is 5.73 Å². The van der Waals surface area contributed by atoms with Crippen LogP contribution in [0.15, 0.2) is 18.2 Å². The maximum absolute atomic E-state index is 6.14. The molecule has 1 fully saturated rings. The number of aromatic nitrogens is 1. The number of aryl methyl sites for hydroxylation is 1. The molecule has 3 heteroatoms.